The summed E-state index contributed by atoms with van der Waals surface area (Å²) in [4.78, 5) is 11.8. The minimum Gasteiger partial charge on any atom is -0.267 e. The summed E-state index contributed by atoms with van der Waals surface area (Å²) in [5, 5.41) is 9.47. The zero-order valence-electron chi connectivity index (χ0n) is 8.61. The minimum atomic E-state index is -0.227. The molecule has 5 heteroatoms. The predicted octanol–water partition coefficient (Wildman–Crippen LogP) is 3.31. The summed E-state index contributed by atoms with van der Waals surface area (Å²) < 4.78 is 1.08. The van der Waals surface area contributed by atoms with Crippen molar-refractivity contribution >= 4 is 33.0 Å². The molecule has 0 saturated carbocycles. The van der Waals surface area contributed by atoms with Crippen molar-refractivity contribution in [1.82, 2.24) is 10.2 Å². The van der Waals surface area contributed by atoms with Gasteiger partial charge in [0.1, 0.15) is 5.15 Å². The van der Waals surface area contributed by atoms with Gasteiger partial charge < -0.3 is 0 Å². The van der Waals surface area contributed by atoms with Gasteiger partial charge >= 0.3 is 0 Å². The second kappa shape index (κ2) is 3.98. The number of hydrogen-bond acceptors (Lipinski definition) is 3. The monoisotopic (exact) mass is 262 g/mol. The fourth-order valence-electron chi connectivity index (χ4n) is 1.79. The molecule has 2 aromatic heterocycles. The van der Waals surface area contributed by atoms with E-state index < -0.39 is 0 Å². The quantitative estimate of drug-likeness (QED) is 0.731. The Labute approximate surface area is 106 Å². The van der Waals surface area contributed by atoms with Crippen LogP contribution in [0.1, 0.15) is 0 Å². The van der Waals surface area contributed by atoms with Crippen LogP contribution in [0.2, 0.25) is 5.15 Å². The number of thiophene rings is 1. The lowest BCUT2D eigenvalue weighted by atomic mass is 10.1. The lowest BCUT2D eigenvalue weighted by Gasteiger charge is -2.02. The first-order chi connectivity index (χ1) is 8.25. The number of aromatic amines is 1. The molecule has 0 aliphatic heterocycles. The maximum Gasteiger partial charge on any atom is 0.272 e. The highest BCUT2D eigenvalue weighted by molar-refractivity contribution is 7.17. The Morgan fingerprint density at radius 2 is 2.12 bits per heavy atom. The van der Waals surface area contributed by atoms with E-state index in [2.05, 4.69) is 10.2 Å². The third-order valence-electron chi connectivity index (χ3n) is 2.54. The molecule has 0 amide bonds. The van der Waals surface area contributed by atoms with E-state index in [-0.39, 0.29) is 10.7 Å². The summed E-state index contributed by atoms with van der Waals surface area (Å²) in [6.45, 7) is 0. The van der Waals surface area contributed by atoms with Gasteiger partial charge in [-0.25, -0.2) is 5.10 Å². The zero-order valence-corrected chi connectivity index (χ0v) is 10.2. The van der Waals surface area contributed by atoms with Crippen LogP contribution in [0.15, 0.2) is 40.5 Å². The largest absolute Gasteiger partial charge is 0.272 e. The number of halogens is 1. The summed E-state index contributed by atoms with van der Waals surface area (Å²) in [6, 6.07) is 9.49. The molecular formula is C12H7ClN2OS. The van der Waals surface area contributed by atoms with E-state index in [1.54, 1.807) is 17.4 Å². The van der Waals surface area contributed by atoms with Crippen LogP contribution < -0.4 is 5.56 Å². The number of hydrogen-bond donors (Lipinski definition) is 1. The van der Waals surface area contributed by atoms with Crippen LogP contribution in [-0.2, 0) is 0 Å². The van der Waals surface area contributed by atoms with Gasteiger partial charge in [-0.1, -0.05) is 29.8 Å². The van der Waals surface area contributed by atoms with Gasteiger partial charge in [0.25, 0.3) is 5.56 Å². The van der Waals surface area contributed by atoms with Gasteiger partial charge in [0.15, 0.2) is 0 Å². The first-order valence-electron chi connectivity index (χ1n) is 4.97. The third kappa shape index (κ3) is 1.75. The molecule has 0 aliphatic rings. The van der Waals surface area contributed by atoms with Crippen molar-refractivity contribution in [3.05, 3.63) is 51.2 Å². The summed E-state index contributed by atoms with van der Waals surface area (Å²) in [6.07, 6.45) is 0. The highest BCUT2D eigenvalue weighted by atomic mass is 35.5. The first kappa shape index (κ1) is 10.5. The lowest BCUT2D eigenvalue weighted by Crippen LogP contribution is -2.10. The molecule has 17 heavy (non-hydrogen) atoms. The summed E-state index contributed by atoms with van der Waals surface area (Å²) >= 11 is 7.42. The van der Waals surface area contributed by atoms with Crippen molar-refractivity contribution in [2.75, 3.05) is 0 Å². The molecule has 1 N–H and O–H groups in total. The van der Waals surface area contributed by atoms with Crippen LogP contribution >= 0.6 is 22.9 Å². The molecule has 3 rings (SSSR count). The van der Waals surface area contributed by atoms with Crippen LogP contribution in [-0.4, -0.2) is 10.2 Å². The molecule has 84 valence electrons. The number of benzene rings is 1. The smallest absolute Gasteiger partial charge is 0.267 e. The molecule has 0 bridgehead atoms. The van der Waals surface area contributed by atoms with Gasteiger partial charge in [0.05, 0.1) is 5.56 Å². The zero-order chi connectivity index (χ0) is 11.8. The van der Waals surface area contributed by atoms with Crippen molar-refractivity contribution in [1.29, 1.82) is 0 Å². The average Bonchev–Trinajstić information content (AvgIpc) is 2.80. The molecular weight excluding hydrogens is 256 g/mol. The van der Waals surface area contributed by atoms with E-state index in [0.29, 0.717) is 5.56 Å². The van der Waals surface area contributed by atoms with Crippen molar-refractivity contribution in [3.8, 4) is 11.1 Å². The first-order valence-corrected chi connectivity index (χ1v) is 6.23. The Bertz CT molecular complexity index is 747. The number of fused-ring (bicyclic) bond motifs is 1. The summed E-state index contributed by atoms with van der Waals surface area (Å²) in [7, 11) is 0. The molecule has 3 aromatic rings. The molecule has 2 heterocycles. The van der Waals surface area contributed by atoms with Crippen LogP contribution in [0.4, 0.5) is 0 Å². The Morgan fingerprint density at radius 3 is 3.00 bits per heavy atom. The molecule has 0 unspecified atom stereocenters. The van der Waals surface area contributed by atoms with Crippen molar-refractivity contribution in [2.45, 2.75) is 0 Å². The lowest BCUT2D eigenvalue weighted by molar-refractivity contribution is 0.993. The molecule has 3 nitrogen and oxygen atoms in total. The van der Waals surface area contributed by atoms with Crippen molar-refractivity contribution in [2.24, 2.45) is 0 Å². The number of H-pyrrole nitrogens is 1. The molecule has 0 radical (unpaired) electrons. The number of aromatic nitrogens is 2. The van der Waals surface area contributed by atoms with Crippen molar-refractivity contribution in [3.63, 3.8) is 0 Å². The maximum atomic E-state index is 11.8. The summed E-state index contributed by atoms with van der Waals surface area (Å²) in [5.41, 5.74) is 1.22. The number of nitrogens with zero attached hydrogens (tertiary/aromatic N) is 1. The minimum absolute atomic E-state index is 0.227. The van der Waals surface area contributed by atoms with E-state index >= 15 is 0 Å². The highest BCUT2D eigenvalue weighted by Gasteiger charge is 2.09. The van der Waals surface area contributed by atoms with Crippen LogP contribution in [0, 0.1) is 0 Å². The number of nitrogens with one attached hydrogen (secondary N) is 1. The van der Waals surface area contributed by atoms with Gasteiger partial charge in [0.2, 0.25) is 0 Å². The van der Waals surface area contributed by atoms with Crippen LogP contribution in [0.25, 0.3) is 21.2 Å². The fraction of sp³-hybridized carbons (Fsp3) is 0. The molecule has 1 aromatic carbocycles. The standard InChI is InChI=1S/C12H7ClN2OS/c13-10-6-9(12(16)15-14-10)8-3-1-2-7-4-5-17-11(7)8/h1-6H,(H,15,16). The topological polar surface area (TPSA) is 45.8 Å². The molecule has 0 fully saturated rings. The van der Waals surface area contributed by atoms with Crippen LogP contribution in [0.5, 0.6) is 0 Å². The summed E-state index contributed by atoms with van der Waals surface area (Å²) in [5.74, 6) is 0. The van der Waals surface area contributed by atoms with E-state index in [9.17, 15) is 4.79 Å². The van der Waals surface area contributed by atoms with Gasteiger partial charge in [0, 0.05) is 10.3 Å². The van der Waals surface area contributed by atoms with E-state index in [1.165, 1.54) is 0 Å². The Morgan fingerprint density at radius 1 is 1.24 bits per heavy atom. The van der Waals surface area contributed by atoms with Gasteiger partial charge in [-0.2, -0.15) is 5.10 Å². The van der Waals surface area contributed by atoms with E-state index in [1.807, 2.05) is 29.6 Å². The molecule has 0 saturated heterocycles. The second-order valence-electron chi connectivity index (χ2n) is 3.58. The van der Waals surface area contributed by atoms with Gasteiger partial charge in [-0.05, 0) is 22.9 Å². The maximum absolute atomic E-state index is 11.8. The van der Waals surface area contributed by atoms with E-state index in [0.717, 1.165) is 15.6 Å². The normalized spacial score (nSPS) is 10.9. The van der Waals surface area contributed by atoms with Crippen molar-refractivity contribution < 1.29 is 0 Å². The SMILES string of the molecule is O=c1[nH]nc(Cl)cc1-c1cccc2ccsc12. The number of rotatable bonds is 1. The van der Waals surface area contributed by atoms with Gasteiger partial charge in [-0.3, -0.25) is 4.79 Å². The Kier molecular flexibility index (Phi) is 2.46. The molecule has 0 aliphatic carbocycles. The average molecular weight is 263 g/mol. The highest BCUT2D eigenvalue weighted by Crippen LogP contribution is 2.31. The second-order valence-corrected chi connectivity index (χ2v) is 4.88. The predicted molar refractivity (Wildman–Crippen MR) is 70.7 cm³/mol. The molecule has 0 atom stereocenters. The van der Waals surface area contributed by atoms with E-state index in [4.69, 9.17) is 11.6 Å². The van der Waals surface area contributed by atoms with Gasteiger partial charge in [-0.15, -0.1) is 11.3 Å². The Balaban J connectivity index is 2.38. The van der Waals surface area contributed by atoms with Crippen LogP contribution in [0.3, 0.4) is 0 Å². The fourth-order valence-corrected chi connectivity index (χ4v) is 2.87. The third-order valence-corrected chi connectivity index (χ3v) is 3.70. The Hall–Kier alpha value is -1.65. The molecule has 0 spiro atoms.